The van der Waals surface area contributed by atoms with Crippen LogP contribution in [0.5, 0.6) is 5.75 Å². The molecule has 13 heteroatoms. The summed E-state index contributed by atoms with van der Waals surface area (Å²) in [7, 11) is -3.36. The Morgan fingerprint density at radius 1 is 1.24 bits per heavy atom. The van der Waals surface area contributed by atoms with Gasteiger partial charge in [-0.15, -0.1) is 11.3 Å². The molecular weight excluding hydrogens is 520 g/mol. The number of carboxylic acids is 2. The summed E-state index contributed by atoms with van der Waals surface area (Å²) >= 11 is 1.04. The molecule has 3 heterocycles. The summed E-state index contributed by atoms with van der Waals surface area (Å²) in [6.07, 6.45) is 6.27. The van der Waals surface area contributed by atoms with E-state index in [-0.39, 0.29) is 22.4 Å². The number of piperidine rings is 1. The van der Waals surface area contributed by atoms with Crippen LogP contribution < -0.4 is 10.1 Å². The number of nitrogens with one attached hydrogen (secondary N) is 1. The number of rotatable bonds is 11. The first kappa shape index (κ1) is 26.6. The molecule has 1 saturated heterocycles. The zero-order valence-corrected chi connectivity index (χ0v) is 21.8. The van der Waals surface area contributed by atoms with Crippen LogP contribution in [0.3, 0.4) is 0 Å². The second kappa shape index (κ2) is 11.3. The minimum absolute atomic E-state index is 0.0279. The standard InChI is InChI=1S/C24H28N4O7S2/c1-16-21(35-14-20(29)30)23(24(31)32)36-22(16)17-3-2-4-19(13-17)26-18-5-8-28(9-6-18)37(33,34)12-11-27-10-7-25-15-27/h2-4,7,10,13,15,18,26H,5-6,8-9,11-12,14H2,1H3,(H,29,30)(H,31,32). The molecule has 0 radical (unpaired) electrons. The van der Waals surface area contributed by atoms with E-state index >= 15 is 0 Å². The minimum Gasteiger partial charge on any atom is -0.480 e. The van der Waals surface area contributed by atoms with E-state index in [1.807, 2.05) is 24.3 Å². The highest BCUT2D eigenvalue weighted by Crippen LogP contribution is 2.42. The fraction of sp³-hybridized carbons (Fsp3) is 0.375. The van der Waals surface area contributed by atoms with Crippen molar-refractivity contribution < 1.29 is 33.0 Å². The lowest BCUT2D eigenvalue weighted by Gasteiger charge is -2.32. The van der Waals surface area contributed by atoms with Crippen LogP contribution >= 0.6 is 11.3 Å². The van der Waals surface area contributed by atoms with E-state index < -0.39 is 28.6 Å². The van der Waals surface area contributed by atoms with Crippen LogP contribution in [0.25, 0.3) is 10.4 Å². The second-order valence-electron chi connectivity index (χ2n) is 8.72. The van der Waals surface area contributed by atoms with Gasteiger partial charge in [0.05, 0.1) is 12.1 Å². The maximum absolute atomic E-state index is 12.7. The molecule has 11 nitrogen and oxygen atoms in total. The summed E-state index contributed by atoms with van der Waals surface area (Å²) in [6.45, 7) is 2.30. The fourth-order valence-electron chi connectivity index (χ4n) is 4.26. The van der Waals surface area contributed by atoms with Crippen LogP contribution in [0.2, 0.25) is 0 Å². The van der Waals surface area contributed by atoms with Crippen molar-refractivity contribution >= 4 is 39.0 Å². The number of sulfonamides is 1. The molecule has 3 N–H and O–H groups in total. The zero-order chi connectivity index (χ0) is 26.6. The van der Waals surface area contributed by atoms with Crippen molar-refractivity contribution in [1.29, 1.82) is 0 Å². The van der Waals surface area contributed by atoms with E-state index in [0.717, 1.165) is 22.6 Å². The molecule has 1 aliphatic heterocycles. The van der Waals surface area contributed by atoms with Gasteiger partial charge in [-0.05, 0) is 37.5 Å². The Labute approximate surface area is 218 Å². The highest BCUT2D eigenvalue weighted by Gasteiger charge is 2.28. The van der Waals surface area contributed by atoms with Gasteiger partial charge in [-0.3, -0.25) is 0 Å². The number of anilines is 1. The Balaban J connectivity index is 1.40. The van der Waals surface area contributed by atoms with Gasteiger partial charge in [-0.25, -0.2) is 27.3 Å². The molecule has 198 valence electrons. The van der Waals surface area contributed by atoms with Crippen LogP contribution in [0.15, 0.2) is 43.0 Å². The van der Waals surface area contributed by atoms with Gasteiger partial charge in [0.2, 0.25) is 10.0 Å². The first-order valence-electron chi connectivity index (χ1n) is 11.7. The Morgan fingerprint density at radius 3 is 2.65 bits per heavy atom. The molecule has 0 amide bonds. The maximum atomic E-state index is 12.7. The number of ether oxygens (including phenoxy) is 1. The number of imidazole rings is 1. The molecule has 0 atom stereocenters. The number of carbonyl (C=O) groups is 2. The Kier molecular flexibility index (Phi) is 8.15. The van der Waals surface area contributed by atoms with Crippen molar-refractivity contribution in [1.82, 2.24) is 13.9 Å². The molecular formula is C24H28N4O7S2. The first-order valence-corrected chi connectivity index (χ1v) is 14.1. The third-order valence-electron chi connectivity index (χ3n) is 6.14. The molecule has 0 saturated carbocycles. The molecule has 3 aromatic rings. The fourth-order valence-corrected chi connectivity index (χ4v) is 6.81. The van der Waals surface area contributed by atoms with E-state index in [4.69, 9.17) is 9.84 Å². The number of aryl methyl sites for hydroxylation is 1. The van der Waals surface area contributed by atoms with Crippen LogP contribution in [-0.4, -0.2) is 75.9 Å². The van der Waals surface area contributed by atoms with Gasteiger partial charge in [-0.2, -0.15) is 0 Å². The van der Waals surface area contributed by atoms with Gasteiger partial charge in [-0.1, -0.05) is 12.1 Å². The molecule has 4 rings (SSSR count). The van der Waals surface area contributed by atoms with Crippen LogP contribution in [0.1, 0.15) is 28.1 Å². The van der Waals surface area contributed by atoms with Gasteiger partial charge in [0.25, 0.3) is 0 Å². The Bertz CT molecular complexity index is 1360. The van der Waals surface area contributed by atoms with Gasteiger partial charge in [0.1, 0.15) is 5.75 Å². The number of nitrogens with zero attached hydrogens (tertiary/aromatic N) is 3. The number of thiophene rings is 1. The summed E-state index contributed by atoms with van der Waals surface area (Å²) in [5.74, 6) is -2.28. The van der Waals surface area contributed by atoms with Crippen LogP contribution in [-0.2, 0) is 21.4 Å². The largest absolute Gasteiger partial charge is 0.480 e. The van der Waals surface area contributed by atoms with E-state index in [0.29, 0.717) is 42.9 Å². The summed E-state index contributed by atoms with van der Waals surface area (Å²) in [4.78, 5) is 27.2. The van der Waals surface area contributed by atoms with Gasteiger partial charge in [0.15, 0.2) is 11.5 Å². The lowest BCUT2D eigenvalue weighted by Crippen LogP contribution is -2.43. The topological polar surface area (TPSA) is 151 Å². The zero-order valence-electron chi connectivity index (χ0n) is 20.2. The maximum Gasteiger partial charge on any atom is 0.349 e. The molecule has 37 heavy (non-hydrogen) atoms. The number of aromatic nitrogens is 2. The third kappa shape index (κ3) is 6.48. The van der Waals surface area contributed by atoms with E-state index in [1.54, 1.807) is 34.5 Å². The normalized spacial score (nSPS) is 14.9. The monoisotopic (exact) mass is 548 g/mol. The molecule has 0 aliphatic carbocycles. The van der Waals surface area contributed by atoms with Gasteiger partial charge < -0.3 is 24.8 Å². The molecule has 1 fully saturated rings. The number of carboxylic acid groups (broad SMARTS) is 2. The molecule has 1 aromatic carbocycles. The lowest BCUT2D eigenvalue weighted by atomic mass is 10.0. The number of hydrogen-bond acceptors (Lipinski definition) is 8. The molecule has 0 unspecified atom stereocenters. The summed E-state index contributed by atoms with van der Waals surface area (Å²) in [6, 6.07) is 7.60. The second-order valence-corrected chi connectivity index (χ2v) is 11.8. The van der Waals surface area contributed by atoms with Gasteiger partial charge in [0, 0.05) is 54.2 Å². The lowest BCUT2D eigenvalue weighted by molar-refractivity contribution is -0.139. The Hall–Kier alpha value is -3.42. The van der Waals surface area contributed by atoms with Crippen LogP contribution in [0, 0.1) is 6.92 Å². The predicted molar refractivity (Wildman–Crippen MR) is 139 cm³/mol. The quantitative estimate of drug-likeness (QED) is 0.328. The highest BCUT2D eigenvalue weighted by atomic mass is 32.2. The highest BCUT2D eigenvalue weighted by molar-refractivity contribution is 7.89. The number of benzene rings is 1. The Morgan fingerprint density at radius 2 is 2.00 bits per heavy atom. The average molecular weight is 549 g/mol. The molecule has 0 spiro atoms. The van der Waals surface area contributed by atoms with Crippen molar-refractivity contribution in [2.45, 2.75) is 32.4 Å². The average Bonchev–Trinajstić information content (AvgIpc) is 3.50. The van der Waals surface area contributed by atoms with Crippen LogP contribution in [0.4, 0.5) is 5.69 Å². The van der Waals surface area contributed by atoms with Crippen molar-refractivity contribution in [3.05, 3.63) is 53.4 Å². The van der Waals surface area contributed by atoms with Gasteiger partial charge >= 0.3 is 11.9 Å². The van der Waals surface area contributed by atoms with Crippen molar-refractivity contribution in [3.8, 4) is 16.2 Å². The van der Waals surface area contributed by atoms with E-state index in [1.165, 1.54) is 0 Å². The van der Waals surface area contributed by atoms with Crippen molar-refractivity contribution in [3.63, 3.8) is 0 Å². The minimum atomic E-state index is -3.36. The summed E-state index contributed by atoms with van der Waals surface area (Å²) in [5.41, 5.74) is 2.17. The van der Waals surface area contributed by atoms with E-state index in [9.17, 15) is 23.1 Å². The molecule has 2 aromatic heterocycles. The molecule has 1 aliphatic rings. The summed E-state index contributed by atoms with van der Waals surface area (Å²) < 4.78 is 34.0. The summed E-state index contributed by atoms with van der Waals surface area (Å²) in [5, 5.41) is 22.0. The molecule has 0 bridgehead atoms. The number of hydrogen-bond donors (Lipinski definition) is 3. The van der Waals surface area contributed by atoms with E-state index in [2.05, 4.69) is 10.3 Å². The first-order chi connectivity index (χ1) is 17.6. The third-order valence-corrected chi connectivity index (χ3v) is 9.30. The predicted octanol–water partition coefficient (Wildman–Crippen LogP) is 2.99. The smallest absolute Gasteiger partial charge is 0.349 e. The number of aliphatic carboxylic acids is 1. The SMILES string of the molecule is Cc1c(-c2cccc(NC3CCN(S(=O)(=O)CCn4ccnc4)CC3)c2)sc(C(=O)O)c1OCC(=O)O. The van der Waals surface area contributed by atoms with Crippen molar-refractivity contribution in [2.75, 3.05) is 30.8 Å². The number of aromatic carboxylic acids is 1. The van der Waals surface area contributed by atoms with Crippen molar-refractivity contribution in [2.24, 2.45) is 0 Å².